The Labute approximate surface area is 233 Å². The fraction of sp³-hybridized carbons (Fsp3) is 0.385. The summed E-state index contributed by atoms with van der Waals surface area (Å²) >= 11 is 3.09. The number of hydrogen-bond donors (Lipinski definition) is 1. The minimum absolute atomic E-state index is 0.0782. The number of carbonyl (C=O) groups is 3. The van der Waals surface area contributed by atoms with Gasteiger partial charge >= 0.3 is 6.18 Å². The number of dihydropyridines is 1. The second-order valence-corrected chi connectivity index (χ2v) is 10.5. The third kappa shape index (κ3) is 5.59. The summed E-state index contributed by atoms with van der Waals surface area (Å²) in [6, 6.07) is 1.57. The second kappa shape index (κ2) is 10.9. The SMILES string of the molecule is O=C1C=C(C(=O)N[C@@H]2CCN(c3c(C(=O)N4CCOCC4)cc(Br)cc3C(F)(F)F)C2)C2C=C(F)C=C(F)C2=N1. The van der Waals surface area contributed by atoms with Gasteiger partial charge in [0.2, 0.25) is 5.91 Å². The van der Waals surface area contributed by atoms with Crippen molar-refractivity contribution >= 4 is 45.1 Å². The minimum Gasteiger partial charge on any atom is -0.378 e. The van der Waals surface area contributed by atoms with Crippen LogP contribution in [0, 0.1) is 5.92 Å². The molecule has 3 aliphatic heterocycles. The zero-order chi connectivity index (χ0) is 28.8. The number of nitrogens with zero attached hydrogens (tertiary/aromatic N) is 3. The van der Waals surface area contributed by atoms with E-state index in [1.54, 1.807) is 0 Å². The maximum absolute atomic E-state index is 14.2. The summed E-state index contributed by atoms with van der Waals surface area (Å²) in [6.45, 7) is 1.00. The molecule has 1 unspecified atom stereocenters. The Morgan fingerprint density at radius 1 is 1.10 bits per heavy atom. The highest BCUT2D eigenvalue weighted by molar-refractivity contribution is 9.10. The van der Waals surface area contributed by atoms with Crippen molar-refractivity contribution in [2.24, 2.45) is 10.9 Å². The van der Waals surface area contributed by atoms with Gasteiger partial charge in [-0.3, -0.25) is 14.4 Å². The highest BCUT2D eigenvalue weighted by Gasteiger charge is 2.41. The molecule has 212 valence electrons. The van der Waals surface area contributed by atoms with E-state index in [-0.39, 0.29) is 72.8 Å². The highest BCUT2D eigenvalue weighted by Crippen LogP contribution is 2.42. The van der Waals surface area contributed by atoms with E-state index in [0.717, 1.165) is 18.2 Å². The van der Waals surface area contributed by atoms with Crippen LogP contribution >= 0.6 is 15.9 Å². The number of carbonyl (C=O) groups excluding carboxylic acids is 3. The van der Waals surface area contributed by atoms with Crippen LogP contribution in [0.25, 0.3) is 0 Å². The van der Waals surface area contributed by atoms with Crippen LogP contribution in [0.5, 0.6) is 0 Å². The first-order chi connectivity index (χ1) is 18.9. The molecule has 0 bridgehead atoms. The van der Waals surface area contributed by atoms with Gasteiger partial charge < -0.3 is 19.9 Å². The van der Waals surface area contributed by atoms with Crippen LogP contribution in [0.15, 0.2) is 57.1 Å². The Bertz CT molecular complexity index is 1400. The summed E-state index contributed by atoms with van der Waals surface area (Å²) in [4.78, 5) is 44.8. The van der Waals surface area contributed by atoms with Crippen molar-refractivity contribution < 1.29 is 41.1 Å². The molecule has 14 heteroatoms. The number of halogens is 6. The number of nitrogens with one attached hydrogen (secondary N) is 1. The predicted molar refractivity (Wildman–Crippen MR) is 137 cm³/mol. The molecule has 8 nitrogen and oxygen atoms in total. The minimum atomic E-state index is -4.78. The maximum Gasteiger partial charge on any atom is 0.418 e. The van der Waals surface area contributed by atoms with E-state index >= 15 is 0 Å². The van der Waals surface area contributed by atoms with Gasteiger partial charge in [-0.25, -0.2) is 13.8 Å². The zero-order valence-corrected chi connectivity index (χ0v) is 22.3. The number of hydrogen-bond acceptors (Lipinski definition) is 5. The van der Waals surface area contributed by atoms with Gasteiger partial charge in [0.25, 0.3) is 11.8 Å². The topological polar surface area (TPSA) is 91.3 Å². The van der Waals surface area contributed by atoms with Crippen LogP contribution < -0.4 is 10.2 Å². The number of aliphatic imine (C=N–C) groups is 1. The molecule has 2 fully saturated rings. The lowest BCUT2D eigenvalue weighted by molar-refractivity contribution is -0.137. The number of rotatable bonds is 4. The Morgan fingerprint density at radius 2 is 1.82 bits per heavy atom. The van der Waals surface area contributed by atoms with Crippen molar-refractivity contribution in [1.29, 1.82) is 0 Å². The average Bonchev–Trinajstić information content (AvgIpc) is 3.35. The smallest absolute Gasteiger partial charge is 0.378 e. The summed E-state index contributed by atoms with van der Waals surface area (Å²) < 4.78 is 76.0. The fourth-order valence-electron chi connectivity index (χ4n) is 5.18. The molecule has 3 amide bonds. The largest absolute Gasteiger partial charge is 0.418 e. The number of morpholine rings is 1. The number of benzene rings is 1. The molecule has 5 rings (SSSR count). The summed E-state index contributed by atoms with van der Waals surface area (Å²) in [5.74, 6) is -5.49. The molecule has 1 aliphatic carbocycles. The lowest BCUT2D eigenvalue weighted by atomic mass is 9.86. The van der Waals surface area contributed by atoms with Crippen LogP contribution in [0.2, 0.25) is 0 Å². The van der Waals surface area contributed by atoms with Gasteiger partial charge in [0.1, 0.15) is 11.7 Å². The number of amides is 3. The van der Waals surface area contributed by atoms with E-state index in [2.05, 4.69) is 26.2 Å². The van der Waals surface area contributed by atoms with Crippen LogP contribution in [0.4, 0.5) is 27.6 Å². The molecule has 0 saturated carbocycles. The first kappa shape index (κ1) is 28.1. The maximum atomic E-state index is 14.2. The Hall–Kier alpha value is -3.39. The van der Waals surface area contributed by atoms with Gasteiger partial charge in [0.15, 0.2) is 0 Å². The normalized spacial score (nSPS) is 23.2. The van der Waals surface area contributed by atoms with Crippen molar-refractivity contribution in [3.63, 3.8) is 0 Å². The molecule has 40 heavy (non-hydrogen) atoms. The molecule has 3 heterocycles. The fourth-order valence-corrected chi connectivity index (χ4v) is 5.63. The van der Waals surface area contributed by atoms with E-state index in [1.165, 1.54) is 15.9 Å². The van der Waals surface area contributed by atoms with E-state index in [0.29, 0.717) is 6.08 Å². The number of alkyl halides is 3. The molecule has 2 atom stereocenters. The number of allylic oxidation sites excluding steroid dienone is 4. The first-order valence-corrected chi connectivity index (χ1v) is 13.1. The summed E-state index contributed by atoms with van der Waals surface area (Å²) in [5, 5.41) is 2.66. The van der Waals surface area contributed by atoms with Gasteiger partial charge in [-0.1, -0.05) is 15.9 Å². The van der Waals surface area contributed by atoms with E-state index in [9.17, 15) is 36.3 Å². The molecule has 2 saturated heterocycles. The summed E-state index contributed by atoms with van der Waals surface area (Å²) in [6.07, 6.45) is -2.16. The van der Waals surface area contributed by atoms with Gasteiger partial charge in [-0.2, -0.15) is 13.2 Å². The third-order valence-electron chi connectivity index (χ3n) is 6.99. The van der Waals surface area contributed by atoms with Gasteiger partial charge in [0, 0.05) is 54.4 Å². The van der Waals surface area contributed by atoms with Crippen molar-refractivity contribution in [1.82, 2.24) is 10.2 Å². The predicted octanol–water partition coefficient (Wildman–Crippen LogP) is 3.88. The van der Waals surface area contributed by atoms with E-state index in [1.807, 2.05) is 0 Å². The number of ether oxygens (including phenoxy) is 1. The molecule has 1 aromatic carbocycles. The molecular formula is C26H22BrF5N4O4. The van der Waals surface area contributed by atoms with Crippen molar-refractivity contribution in [2.45, 2.75) is 18.6 Å². The second-order valence-electron chi connectivity index (χ2n) is 9.61. The monoisotopic (exact) mass is 628 g/mol. The first-order valence-electron chi connectivity index (χ1n) is 12.3. The molecule has 1 aromatic rings. The molecule has 1 N–H and O–H groups in total. The average molecular weight is 629 g/mol. The molecule has 0 aromatic heterocycles. The molecule has 0 radical (unpaired) electrons. The highest BCUT2D eigenvalue weighted by atomic mass is 79.9. The summed E-state index contributed by atoms with van der Waals surface area (Å²) in [7, 11) is 0. The van der Waals surface area contributed by atoms with Crippen LogP contribution in [-0.2, 0) is 20.5 Å². The van der Waals surface area contributed by atoms with Crippen LogP contribution in [0.3, 0.4) is 0 Å². The van der Waals surface area contributed by atoms with Crippen molar-refractivity contribution in [2.75, 3.05) is 44.3 Å². The third-order valence-corrected chi connectivity index (χ3v) is 7.44. The number of anilines is 1. The van der Waals surface area contributed by atoms with Gasteiger partial charge in [-0.05, 0) is 24.6 Å². The molecule has 4 aliphatic rings. The lowest BCUT2D eigenvalue weighted by Gasteiger charge is -2.31. The summed E-state index contributed by atoms with van der Waals surface area (Å²) in [5.41, 5.74) is -2.05. The lowest BCUT2D eigenvalue weighted by Crippen LogP contribution is -2.42. The molecule has 0 spiro atoms. The Balaban J connectivity index is 1.40. The quantitative estimate of drug-likeness (QED) is 0.511. The standard InChI is InChI=1S/C26H22BrF5N4O4/c27-13-7-18(25(39)35-3-5-40-6-4-35)23(19(8-13)26(30,31)32)36-2-1-15(12-36)33-24(38)17-11-21(37)34-22-16(17)9-14(28)10-20(22)29/h7-11,15-16H,1-6,12H2,(H,33,38)/t15-,16?/m1/s1. The van der Waals surface area contributed by atoms with Gasteiger partial charge in [-0.15, -0.1) is 0 Å². The Morgan fingerprint density at radius 3 is 2.52 bits per heavy atom. The van der Waals surface area contributed by atoms with E-state index in [4.69, 9.17) is 4.74 Å². The van der Waals surface area contributed by atoms with Crippen LogP contribution in [-0.4, -0.2) is 73.8 Å². The van der Waals surface area contributed by atoms with Gasteiger partial charge in [0.05, 0.1) is 41.7 Å². The van der Waals surface area contributed by atoms with Crippen molar-refractivity contribution in [3.8, 4) is 0 Å². The molecular weight excluding hydrogens is 607 g/mol. The Kier molecular flexibility index (Phi) is 7.66. The van der Waals surface area contributed by atoms with Crippen molar-refractivity contribution in [3.05, 3.63) is 63.2 Å². The van der Waals surface area contributed by atoms with Crippen LogP contribution in [0.1, 0.15) is 22.3 Å². The zero-order valence-electron chi connectivity index (χ0n) is 20.7. The van der Waals surface area contributed by atoms with E-state index < -0.39 is 53.1 Å². The number of fused-ring (bicyclic) bond motifs is 1.